The maximum Gasteiger partial charge on any atom is 0.243 e. The second kappa shape index (κ2) is 5.72. The molecule has 6 nitrogen and oxygen atoms in total. The van der Waals surface area contributed by atoms with E-state index in [-0.39, 0.29) is 23.2 Å². The van der Waals surface area contributed by atoms with Crippen LogP contribution in [0.15, 0.2) is 18.2 Å². The summed E-state index contributed by atoms with van der Waals surface area (Å²) in [6.07, 6.45) is 2.21. The standard InChI is InChI=1S/C18H22N4O2S/c23-16-4-3-15(17(24)20-16)22-8-10-5-12(1-2-14(10)18(22)25)21-9-11-6-13(21)7-19-11/h1-2,5,11,13,15,18-19,25H,3-4,6-9H2,(H,20,23,24)/t11-,13-,15?,18?/m1/s1. The molecule has 1 aromatic rings. The molecule has 0 radical (unpaired) electrons. The highest BCUT2D eigenvalue weighted by Crippen LogP contribution is 2.41. The van der Waals surface area contributed by atoms with Crippen molar-refractivity contribution in [2.45, 2.75) is 49.3 Å². The van der Waals surface area contributed by atoms with Gasteiger partial charge in [0.15, 0.2) is 0 Å². The topological polar surface area (TPSA) is 64.7 Å². The maximum atomic E-state index is 12.2. The second-order valence-corrected chi connectivity index (χ2v) is 8.03. The third-order valence-electron chi connectivity index (χ3n) is 6.07. The van der Waals surface area contributed by atoms with E-state index in [4.69, 9.17) is 12.6 Å². The van der Waals surface area contributed by atoms with Gasteiger partial charge in [-0.15, -0.1) is 0 Å². The highest BCUT2D eigenvalue weighted by molar-refractivity contribution is 7.80. The molecule has 3 fully saturated rings. The summed E-state index contributed by atoms with van der Waals surface area (Å²) in [5.41, 5.74) is 3.70. The van der Waals surface area contributed by atoms with E-state index in [9.17, 15) is 9.59 Å². The lowest BCUT2D eigenvalue weighted by Crippen LogP contribution is -2.51. The van der Waals surface area contributed by atoms with Crippen LogP contribution in [0.1, 0.15) is 35.8 Å². The van der Waals surface area contributed by atoms with Crippen molar-refractivity contribution in [3.8, 4) is 0 Å². The minimum atomic E-state index is -0.275. The molecule has 25 heavy (non-hydrogen) atoms. The molecule has 2 bridgehead atoms. The molecule has 2 N–H and O–H groups in total. The van der Waals surface area contributed by atoms with E-state index in [2.05, 4.69) is 38.6 Å². The highest BCUT2D eigenvalue weighted by Gasteiger charge is 2.41. The average Bonchev–Trinajstić information content (AvgIpc) is 3.30. The zero-order valence-electron chi connectivity index (χ0n) is 13.9. The molecule has 4 aliphatic rings. The lowest BCUT2D eigenvalue weighted by Gasteiger charge is -2.32. The normalized spacial score (nSPS) is 34.5. The minimum absolute atomic E-state index is 0.0929. The number of thiol groups is 1. The van der Waals surface area contributed by atoms with Crippen molar-refractivity contribution in [3.05, 3.63) is 29.3 Å². The van der Waals surface area contributed by atoms with Crippen molar-refractivity contribution < 1.29 is 9.59 Å². The van der Waals surface area contributed by atoms with Crippen LogP contribution in [0.3, 0.4) is 0 Å². The molecule has 132 valence electrons. The molecule has 2 amide bonds. The van der Waals surface area contributed by atoms with Crippen LogP contribution in [0.4, 0.5) is 5.69 Å². The zero-order valence-corrected chi connectivity index (χ0v) is 14.8. The number of piperazine rings is 1. The summed E-state index contributed by atoms with van der Waals surface area (Å²) in [6, 6.07) is 7.57. The smallest absolute Gasteiger partial charge is 0.243 e. The number of carbonyl (C=O) groups excluding carboxylic acids is 2. The fourth-order valence-electron chi connectivity index (χ4n) is 4.78. The van der Waals surface area contributed by atoms with Gasteiger partial charge < -0.3 is 10.2 Å². The maximum absolute atomic E-state index is 12.2. The van der Waals surface area contributed by atoms with E-state index in [1.807, 2.05) is 0 Å². The fraction of sp³-hybridized carbons (Fsp3) is 0.556. The van der Waals surface area contributed by atoms with Gasteiger partial charge in [0.2, 0.25) is 11.8 Å². The van der Waals surface area contributed by atoms with Gasteiger partial charge in [-0.1, -0.05) is 6.07 Å². The molecular formula is C18H22N4O2S. The van der Waals surface area contributed by atoms with E-state index < -0.39 is 0 Å². The monoisotopic (exact) mass is 358 g/mol. The molecule has 4 heterocycles. The van der Waals surface area contributed by atoms with Crippen LogP contribution in [0.25, 0.3) is 0 Å². The van der Waals surface area contributed by atoms with E-state index in [0.717, 1.165) is 13.1 Å². The summed E-state index contributed by atoms with van der Waals surface area (Å²) in [5.74, 6) is -0.361. The second-order valence-electron chi connectivity index (χ2n) is 7.54. The van der Waals surface area contributed by atoms with Crippen molar-refractivity contribution >= 4 is 30.1 Å². The first-order chi connectivity index (χ1) is 12.1. The van der Waals surface area contributed by atoms with Gasteiger partial charge in [-0.3, -0.25) is 19.8 Å². The van der Waals surface area contributed by atoms with Gasteiger partial charge in [0.1, 0.15) is 0 Å². The Labute approximate surface area is 152 Å². The first kappa shape index (κ1) is 15.7. The minimum Gasteiger partial charge on any atom is -0.366 e. The first-order valence-electron chi connectivity index (χ1n) is 9.00. The highest BCUT2D eigenvalue weighted by atomic mass is 32.1. The molecule has 3 saturated heterocycles. The Bertz CT molecular complexity index is 755. The number of hydrogen-bond acceptors (Lipinski definition) is 6. The van der Waals surface area contributed by atoms with Crippen LogP contribution in [-0.4, -0.2) is 47.9 Å². The zero-order chi connectivity index (χ0) is 17.1. The number of rotatable bonds is 2. The number of hydrogen-bond donors (Lipinski definition) is 3. The van der Waals surface area contributed by atoms with E-state index in [1.165, 1.54) is 23.2 Å². The Morgan fingerprint density at radius 3 is 2.84 bits per heavy atom. The largest absolute Gasteiger partial charge is 0.366 e. The average molecular weight is 358 g/mol. The number of nitrogens with one attached hydrogen (secondary N) is 2. The number of fused-ring (bicyclic) bond motifs is 3. The first-order valence-corrected chi connectivity index (χ1v) is 9.52. The van der Waals surface area contributed by atoms with Crippen LogP contribution in [0.5, 0.6) is 0 Å². The van der Waals surface area contributed by atoms with Crippen molar-refractivity contribution in [3.63, 3.8) is 0 Å². The molecule has 4 aliphatic heterocycles. The molecule has 0 spiro atoms. The summed E-state index contributed by atoms with van der Waals surface area (Å²) in [4.78, 5) is 28.2. The van der Waals surface area contributed by atoms with Crippen molar-refractivity contribution in [1.82, 2.24) is 15.5 Å². The van der Waals surface area contributed by atoms with E-state index >= 15 is 0 Å². The number of benzene rings is 1. The van der Waals surface area contributed by atoms with Crippen molar-refractivity contribution in [2.24, 2.45) is 0 Å². The van der Waals surface area contributed by atoms with Crippen LogP contribution in [-0.2, 0) is 16.1 Å². The lowest BCUT2D eigenvalue weighted by atomic mass is 10.0. The summed E-state index contributed by atoms with van der Waals surface area (Å²) in [5, 5.41) is 5.91. The van der Waals surface area contributed by atoms with Crippen LogP contribution in [0.2, 0.25) is 0 Å². The van der Waals surface area contributed by atoms with Crippen LogP contribution >= 0.6 is 12.6 Å². The third-order valence-corrected chi connectivity index (χ3v) is 6.65. The molecule has 0 aromatic heterocycles. The number of anilines is 1. The SMILES string of the molecule is O=C1CCC(N2Cc3cc(N4C[C@H]5C[C@@H]4CN5)ccc3C2S)C(=O)N1. The van der Waals surface area contributed by atoms with Gasteiger partial charge in [0.05, 0.1) is 11.4 Å². The van der Waals surface area contributed by atoms with Crippen molar-refractivity contribution in [1.29, 1.82) is 0 Å². The van der Waals surface area contributed by atoms with Gasteiger partial charge in [0.25, 0.3) is 0 Å². The molecule has 1 aromatic carbocycles. The summed E-state index contributed by atoms with van der Waals surface area (Å²) < 4.78 is 0. The van der Waals surface area contributed by atoms with E-state index in [1.54, 1.807) is 0 Å². The van der Waals surface area contributed by atoms with Crippen LogP contribution in [0, 0.1) is 0 Å². The number of imide groups is 1. The van der Waals surface area contributed by atoms with Gasteiger partial charge in [-0.25, -0.2) is 0 Å². The number of carbonyl (C=O) groups is 2. The Balaban J connectivity index is 1.38. The Kier molecular flexibility index (Phi) is 3.59. The molecule has 4 atom stereocenters. The van der Waals surface area contributed by atoms with Gasteiger partial charge in [-0.2, -0.15) is 12.6 Å². The Morgan fingerprint density at radius 2 is 2.12 bits per heavy atom. The van der Waals surface area contributed by atoms with Gasteiger partial charge >= 0.3 is 0 Å². The number of nitrogens with zero attached hydrogens (tertiary/aromatic N) is 2. The number of piperidine rings is 1. The Hall–Kier alpha value is -1.57. The van der Waals surface area contributed by atoms with Gasteiger partial charge in [0, 0.05) is 43.8 Å². The van der Waals surface area contributed by atoms with Crippen LogP contribution < -0.4 is 15.5 Å². The Morgan fingerprint density at radius 1 is 1.24 bits per heavy atom. The van der Waals surface area contributed by atoms with Gasteiger partial charge in [-0.05, 0) is 36.1 Å². The summed E-state index contributed by atoms with van der Waals surface area (Å²) in [6.45, 7) is 2.85. The molecule has 0 saturated carbocycles. The number of amides is 2. The molecule has 2 unspecified atom stereocenters. The third kappa shape index (κ3) is 2.48. The summed E-state index contributed by atoms with van der Waals surface area (Å²) in [7, 11) is 0. The summed E-state index contributed by atoms with van der Waals surface area (Å²) >= 11 is 4.76. The molecule has 5 rings (SSSR count). The lowest BCUT2D eigenvalue weighted by molar-refractivity contribution is -0.137. The van der Waals surface area contributed by atoms with E-state index in [0.29, 0.717) is 31.5 Å². The fourth-order valence-corrected chi connectivity index (χ4v) is 5.27. The predicted molar refractivity (Wildman–Crippen MR) is 97.4 cm³/mol. The predicted octanol–water partition coefficient (Wildman–Crippen LogP) is 0.786. The quantitative estimate of drug-likeness (QED) is 0.539. The molecule has 7 heteroatoms. The molecular weight excluding hydrogens is 336 g/mol. The van der Waals surface area contributed by atoms with Crippen molar-refractivity contribution in [2.75, 3.05) is 18.0 Å². The molecule has 0 aliphatic carbocycles.